The average molecular weight is 234 g/mol. The molecule has 5 heteroatoms. The molecule has 1 aromatic rings. The Morgan fingerprint density at radius 2 is 2.18 bits per heavy atom. The van der Waals surface area contributed by atoms with E-state index in [1.807, 2.05) is 0 Å². The topological polar surface area (TPSA) is 81.4 Å². The lowest BCUT2D eigenvalue weighted by molar-refractivity contribution is -0.129. The Balaban J connectivity index is 2.39. The highest BCUT2D eigenvalue weighted by Gasteiger charge is 2.35. The Hall–Kier alpha value is -1.88. The quantitative estimate of drug-likeness (QED) is 0.746. The monoisotopic (exact) mass is 234 g/mol. The van der Waals surface area contributed by atoms with Crippen LogP contribution in [-0.2, 0) is 4.79 Å². The second-order valence-corrected chi connectivity index (χ2v) is 4.40. The number of carbonyl (C=O) groups is 2. The van der Waals surface area contributed by atoms with Crippen LogP contribution >= 0.6 is 0 Å². The van der Waals surface area contributed by atoms with Crippen molar-refractivity contribution in [1.82, 2.24) is 0 Å². The van der Waals surface area contributed by atoms with Crippen LogP contribution in [0.3, 0.4) is 0 Å². The van der Waals surface area contributed by atoms with Gasteiger partial charge in [0.05, 0.1) is 12.2 Å². The zero-order valence-corrected chi connectivity index (χ0v) is 9.74. The van der Waals surface area contributed by atoms with Crippen molar-refractivity contribution in [2.45, 2.75) is 19.4 Å². The predicted molar refractivity (Wildman–Crippen MR) is 63.2 cm³/mol. The Morgan fingerprint density at radius 3 is 2.82 bits per heavy atom. The second-order valence-electron chi connectivity index (χ2n) is 4.40. The summed E-state index contributed by atoms with van der Waals surface area (Å²) in [6.07, 6.45) is 0. The molecule has 0 aliphatic carbocycles. The van der Waals surface area contributed by atoms with Gasteiger partial charge in [0, 0.05) is 5.56 Å². The van der Waals surface area contributed by atoms with E-state index < -0.39 is 5.60 Å². The van der Waals surface area contributed by atoms with Crippen LogP contribution in [0.4, 0.5) is 5.69 Å². The third-order valence-electron chi connectivity index (χ3n) is 2.65. The maximum Gasteiger partial charge on any atom is 0.268 e. The van der Waals surface area contributed by atoms with Crippen molar-refractivity contribution in [2.75, 3.05) is 11.9 Å². The molecule has 1 heterocycles. The highest BCUT2D eigenvalue weighted by Crippen LogP contribution is 2.34. The number of hydrogen-bond acceptors (Lipinski definition) is 4. The van der Waals surface area contributed by atoms with Gasteiger partial charge in [0.25, 0.3) is 5.91 Å². The molecule has 0 spiro atoms. The molecule has 1 amide bonds. The van der Waals surface area contributed by atoms with Crippen LogP contribution in [0.1, 0.15) is 24.2 Å². The number of anilines is 1. The molecular formula is C12H14N2O3. The molecule has 1 aromatic carbocycles. The number of fused-ring (bicyclic) bond motifs is 1. The van der Waals surface area contributed by atoms with Crippen LogP contribution in [0.15, 0.2) is 18.2 Å². The van der Waals surface area contributed by atoms with Crippen LogP contribution in [0.2, 0.25) is 0 Å². The fourth-order valence-electron chi connectivity index (χ4n) is 1.60. The normalized spacial score (nSPS) is 16.8. The van der Waals surface area contributed by atoms with Gasteiger partial charge in [-0.25, -0.2) is 0 Å². The van der Waals surface area contributed by atoms with Crippen LogP contribution < -0.4 is 15.8 Å². The van der Waals surface area contributed by atoms with E-state index in [-0.39, 0.29) is 18.2 Å². The van der Waals surface area contributed by atoms with Crippen LogP contribution in [0.5, 0.6) is 5.75 Å². The maximum absolute atomic E-state index is 11.7. The Kier molecular flexibility index (Phi) is 2.63. The third-order valence-corrected chi connectivity index (χ3v) is 2.65. The van der Waals surface area contributed by atoms with E-state index in [0.29, 0.717) is 17.0 Å². The van der Waals surface area contributed by atoms with Crippen LogP contribution in [0.25, 0.3) is 0 Å². The van der Waals surface area contributed by atoms with Gasteiger partial charge in [0.1, 0.15) is 5.75 Å². The molecule has 5 nitrogen and oxygen atoms in total. The molecule has 1 aliphatic rings. The van der Waals surface area contributed by atoms with E-state index >= 15 is 0 Å². The second kappa shape index (κ2) is 3.85. The fraction of sp³-hybridized carbons (Fsp3) is 0.333. The van der Waals surface area contributed by atoms with Crippen molar-refractivity contribution in [3.8, 4) is 5.75 Å². The van der Waals surface area contributed by atoms with Gasteiger partial charge < -0.3 is 15.8 Å². The molecule has 17 heavy (non-hydrogen) atoms. The van der Waals surface area contributed by atoms with Gasteiger partial charge in [0.15, 0.2) is 11.4 Å². The maximum atomic E-state index is 11.7. The largest absolute Gasteiger partial charge is 0.476 e. The van der Waals surface area contributed by atoms with E-state index in [4.69, 9.17) is 10.5 Å². The molecule has 0 bridgehead atoms. The molecular weight excluding hydrogens is 220 g/mol. The number of hydrogen-bond donors (Lipinski definition) is 2. The number of Topliss-reactive ketones (excluding diaryl/α,β-unsaturated/α-hetero) is 1. The zero-order valence-electron chi connectivity index (χ0n) is 9.74. The van der Waals surface area contributed by atoms with Crippen molar-refractivity contribution in [2.24, 2.45) is 5.73 Å². The summed E-state index contributed by atoms with van der Waals surface area (Å²) in [4.78, 5) is 23.1. The van der Waals surface area contributed by atoms with Gasteiger partial charge in [-0.15, -0.1) is 0 Å². The zero-order chi connectivity index (χ0) is 12.6. The smallest absolute Gasteiger partial charge is 0.268 e. The van der Waals surface area contributed by atoms with Crippen molar-refractivity contribution < 1.29 is 14.3 Å². The summed E-state index contributed by atoms with van der Waals surface area (Å²) in [7, 11) is 0. The van der Waals surface area contributed by atoms with E-state index in [0.717, 1.165) is 0 Å². The lowest BCUT2D eigenvalue weighted by Gasteiger charge is -2.31. The van der Waals surface area contributed by atoms with Crippen molar-refractivity contribution in [3.05, 3.63) is 23.8 Å². The van der Waals surface area contributed by atoms with Gasteiger partial charge >= 0.3 is 0 Å². The summed E-state index contributed by atoms with van der Waals surface area (Å²) < 4.78 is 5.55. The number of amides is 1. The van der Waals surface area contributed by atoms with Crippen molar-refractivity contribution in [1.29, 1.82) is 0 Å². The first-order valence-electron chi connectivity index (χ1n) is 5.32. The van der Waals surface area contributed by atoms with Gasteiger partial charge in [-0.05, 0) is 32.0 Å². The van der Waals surface area contributed by atoms with Crippen molar-refractivity contribution >= 4 is 17.4 Å². The molecule has 3 N–H and O–H groups in total. The number of rotatable bonds is 2. The summed E-state index contributed by atoms with van der Waals surface area (Å²) in [6.45, 7) is 3.31. The van der Waals surface area contributed by atoms with Gasteiger partial charge in [-0.1, -0.05) is 0 Å². The molecule has 0 radical (unpaired) electrons. The Labute approximate surface area is 98.9 Å². The van der Waals surface area contributed by atoms with E-state index in [9.17, 15) is 9.59 Å². The summed E-state index contributed by atoms with van der Waals surface area (Å²) in [6, 6.07) is 4.89. The molecule has 0 saturated carbocycles. The Bertz CT molecular complexity index is 495. The third kappa shape index (κ3) is 2.01. The highest BCUT2D eigenvalue weighted by atomic mass is 16.5. The summed E-state index contributed by atoms with van der Waals surface area (Å²) >= 11 is 0. The Morgan fingerprint density at radius 1 is 1.47 bits per heavy atom. The molecule has 0 atom stereocenters. The number of nitrogens with one attached hydrogen (secondary N) is 1. The van der Waals surface area contributed by atoms with Crippen LogP contribution in [0, 0.1) is 0 Å². The number of carbonyl (C=O) groups excluding carboxylic acids is 2. The van der Waals surface area contributed by atoms with Gasteiger partial charge in [-0.2, -0.15) is 0 Å². The number of benzene rings is 1. The minimum atomic E-state index is -0.896. The van der Waals surface area contributed by atoms with Gasteiger partial charge in [-0.3, -0.25) is 9.59 Å². The van der Waals surface area contributed by atoms with Gasteiger partial charge in [0.2, 0.25) is 0 Å². The molecule has 2 rings (SSSR count). The lowest BCUT2D eigenvalue weighted by Crippen LogP contribution is -2.45. The standard InChI is InChI=1S/C12H14N2O3/c1-12(2)11(16)14-8-5-7(9(15)6-13)3-4-10(8)17-12/h3-5H,6,13H2,1-2H3,(H,14,16). The first kappa shape index (κ1) is 11.6. The minimum absolute atomic E-state index is 0.0565. The molecule has 0 unspecified atom stereocenters. The predicted octanol–water partition coefficient (Wildman–Crippen LogP) is 0.938. The van der Waals surface area contributed by atoms with E-state index in [1.165, 1.54) is 0 Å². The SMILES string of the molecule is CC1(C)Oc2ccc(C(=O)CN)cc2NC1=O. The molecule has 1 aliphatic heterocycles. The average Bonchev–Trinajstić information content (AvgIpc) is 2.28. The summed E-state index contributed by atoms with van der Waals surface area (Å²) in [5.74, 6) is 0.150. The number of nitrogens with two attached hydrogens (primary N) is 1. The molecule has 0 aromatic heterocycles. The summed E-state index contributed by atoms with van der Waals surface area (Å²) in [5.41, 5.74) is 5.36. The first-order valence-corrected chi connectivity index (χ1v) is 5.32. The fourth-order valence-corrected chi connectivity index (χ4v) is 1.60. The lowest BCUT2D eigenvalue weighted by atomic mass is 10.0. The molecule has 90 valence electrons. The van der Waals surface area contributed by atoms with Crippen LogP contribution in [-0.4, -0.2) is 23.8 Å². The molecule has 0 saturated heterocycles. The van der Waals surface area contributed by atoms with Crippen molar-refractivity contribution in [3.63, 3.8) is 0 Å². The number of ketones is 1. The first-order chi connectivity index (χ1) is 7.94. The number of ether oxygens (including phenoxy) is 1. The minimum Gasteiger partial charge on any atom is -0.476 e. The van der Waals surface area contributed by atoms with E-state index in [1.54, 1.807) is 32.0 Å². The summed E-state index contributed by atoms with van der Waals surface area (Å²) in [5, 5.41) is 2.71. The molecule has 0 fully saturated rings. The van der Waals surface area contributed by atoms with E-state index in [2.05, 4.69) is 5.32 Å². The highest BCUT2D eigenvalue weighted by molar-refractivity contribution is 6.03.